The number of H-pyrrole nitrogens is 2. The van der Waals surface area contributed by atoms with E-state index in [1.807, 2.05) is 36.7 Å². The van der Waals surface area contributed by atoms with Gasteiger partial charge in [-0.15, -0.1) is 0 Å². The highest BCUT2D eigenvalue weighted by Gasteiger charge is 2.08. The number of imidazole rings is 1. The number of benzene rings is 1. The second-order valence-electron chi connectivity index (χ2n) is 3.65. The number of carbonyl (C=O) groups is 1. The largest absolute Gasteiger partial charge is 0.367 e. The van der Waals surface area contributed by atoms with E-state index in [-0.39, 0.29) is 0 Å². The minimum Gasteiger partial charge on any atom is -0.367 e. The van der Waals surface area contributed by atoms with Gasteiger partial charge in [-0.25, -0.2) is 4.98 Å². The summed E-state index contributed by atoms with van der Waals surface area (Å²) >= 11 is 0. The fraction of sp³-hybridized carbons (Fsp3) is 0. The Morgan fingerprint density at radius 2 is 2.24 bits per heavy atom. The summed E-state index contributed by atoms with van der Waals surface area (Å²) in [6.45, 7) is 0. The number of fused-ring (bicyclic) bond motifs is 1. The zero-order valence-corrected chi connectivity index (χ0v) is 8.90. The lowest BCUT2D eigenvalue weighted by atomic mass is 10.3. The minimum atomic E-state index is 0.652. The Labute approximate surface area is 96.9 Å². The summed E-state index contributed by atoms with van der Waals surface area (Å²) in [5.74, 6) is 0.779. The van der Waals surface area contributed by atoms with Gasteiger partial charge in [0.1, 0.15) is 11.3 Å². The molecule has 5 nitrogen and oxygen atoms in total. The number of anilines is 1. The van der Waals surface area contributed by atoms with E-state index in [2.05, 4.69) is 20.3 Å². The Morgan fingerprint density at radius 1 is 1.29 bits per heavy atom. The van der Waals surface area contributed by atoms with E-state index >= 15 is 0 Å². The van der Waals surface area contributed by atoms with Crippen LogP contribution in [0.3, 0.4) is 0 Å². The van der Waals surface area contributed by atoms with Gasteiger partial charge in [-0.05, 0) is 18.2 Å². The van der Waals surface area contributed by atoms with Gasteiger partial charge in [0.2, 0.25) is 6.41 Å². The number of hydrogen-bond donors (Lipinski definition) is 3. The Balaban J connectivity index is 2.18. The molecular formula is C12H10N4O. The molecular weight excluding hydrogens is 216 g/mol. The van der Waals surface area contributed by atoms with E-state index in [1.54, 1.807) is 0 Å². The lowest BCUT2D eigenvalue weighted by Crippen LogP contribution is -1.93. The van der Waals surface area contributed by atoms with Crippen LogP contribution in [-0.2, 0) is 4.79 Å². The molecule has 0 saturated carbocycles. The Morgan fingerprint density at radius 3 is 3.00 bits per heavy atom. The van der Waals surface area contributed by atoms with Gasteiger partial charge in [-0.2, -0.15) is 0 Å². The van der Waals surface area contributed by atoms with Crippen LogP contribution in [0.15, 0.2) is 36.7 Å². The fourth-order valence-electron chi connectivity index (χ4n) is 1.82. The van der Waals surface area contributed by atoms with Gasteiger partial charge in [-0.1, -0.05) is 6.07 Å². The fourth-order valence-corrected chi connectivity index (χ4v) is 1.82. The van der Waals surface area contributed by atoms with Crippen molar-refractivity contribution in [3.63, 3.8) is 0 Å². The lowest BCUT2D eigenvalue weighted by Gasteiger charge is -1.97. The summed E-state index contributed by atoms with van der Waals surface area (Å²) in [6, 6.07) is 7.55. The molecule has 0 aliphatic heterocycles. The summed E-state index contributed by atoms with van der Waals surface area (Å²) < 4.78 is 0. The van der Waals surface area contributed by atoms with Gasteiger partial charge in [0.15, 0.2) is 0 Å². The highest BCUT2D eigenvalue weighted by atomic mass is 16.1. The molecule has 0 atom stereocenters. The number of nitrogens with one attached hydrogen (secondary N) is 3. The second kappa shape index (κ2) is 3.79. The summed E-state index contributed by atoms with van der Waals surface area (Å²) in [5.41, 5.74) is 3.35. The van der Waals surface area contributed by atoms with Crippen molar-refractivity contribution in [3.8, 4) is 11.4 Å². The summed E-state index contributed by atoms with van der Waals surface area (Å²) in [7, 11) is 0. The zero-order valence-electron chi connectivity index (χ0n) is 8.90. The molecule has 3 N–H and O–H groups in total. The highest BCUT2D eigenvalue weighted by molar-refractivity contribution is 5.94. The molecule has 0 bridgehead atoms. The van der Waals surface area contributed by atoms with Crippen LogP contribution in [0, 0.1) is 0 Å². The van der Waals surface area contributed by atoms with Crippen molar-refractivity contribution < 1.29 is 4.79 Å². The van der Waals surface area contributed by atoms with Crippen LogP contribution in [0.4, 0.5) is 5.69 Å². The molecule has 2 heterocycles. The highest BCUT2D eigenvalue weighted by Crippen LogP contribution is 2.24. The van der Waals surface area contributed by atoms with Crippen LogP contribution in [0.1, 0.15) is 0 Å². The number of para-hydroxylation sites is 1. The monoisotopic (exact) mass is 226 g/mol. The number of aromatic nitrogens is 3. The number of rotatable bonds is 3. The third kappa shape index (κ3) is 1.57. The minimum absolute atomic E-state index is 0.652. The second-order valence-corrected chi connectivity index (χ2v) is 3.65. The molecule has 3 rings (SSSR count). The number of nitrogens with zero attached hydrogens (tertiary/aromatic N) is 1. The Hall–Kier alpha value is -2.56. The van der Waals surface area contributed by atoms with Crippen molar-refractivity contribution in [2.45, 2.75) is 0 Å². The Kier molecular flexibility index (Phi) is 2.15. The first kappa shape index (κ1) is 9.65. The van der Waals surface area contributed by atoms with Gasteiger partial charge in [-0.3, -0.25) is 4.79 Å². The molecule has 0 radical (unpaired) electrons. The summed E-state index contributed by atoms with van der Waals surface area (Å²) in [4.78, 5) is 21.2. The van der Waals surface area contributed by atoms with Gasteiger partial charge in [0, 0.05) is 18.0 Å². The van der Waals surface area contributed by atoms with E-state index in [1.165, 1.54) is 0 Å². The molecule has 0 saturated heterocycles. The van der Waals surface area contributed by atoms with Crippen molar-refractivity contribution in [3.05, 3.63) is 36.7 Å². The molecule has 5 heteroatoms. The third-order valence-corrected chi connectivity index (χ3v) is 2.60. The topological polar surface area (TPSA) is 73.6 Å². The number of carbonyl (C=O) groups excluding carboxylic acids is 1. The average molecular weight is 226 g/mol. The van der Waals surface area contributed by atoms with Crippen LogP contribution in [0.2, 0.25) is 0 Å². The van der Waals surface area contributed by atoms with Gasteiger partial charge < -0.3 is 15.3 Å². The maximum Gasteiger partial charge on any atom is 0.211 e. The van der Waals surface area contributed by atoms with Crippen LogP contribution >= 0.6 is 0 Å². The SMILES string of the molecule is O=CNc1cccc2[nH]c(-c3cc[nH]c3)nc12. The number of hydrogen-bond acceptors (Lipinski definition) is 2. The molecule has 0 aliphatic carbocycles. The third-order valence-electron chi connectivity index (χ3n) is 2.60. The molecule has 17 heavy (non-hydrogen) atoms. The first-order valence-corrected chi connectivity index (χ1v) is 5.20. The molecule has 0 unspecified atom stereocenters. The van der Waals surface area contributed by atoms with Crippen LogP contribution in [0.25, 0.3) is 22.4 Å². The van der Waals surface area contributed by atoms with Crippen molar-refractivity contribution in [1.82, 2.24) is 15.0 Å². The number of aromatic amines is 2. The average Bonchev–Trinajstić information content (AvgIpc) is 2.98. The quantitative estimate of drug-likeness (QED) is 0.598. The van der Waals surface area contributed by atoms with Crippen molar-refractivity contribution in [1.29, 1.82) is 0 Å². The first-order valence-electron chi connectivity index (χ1n) is 5.20. The molecule has 0 fully saturated rings. The first-order chi connectivity index (χ1) is 8.38. The maximum atomic E-state index is 10.5. The smallest absolute Gasteiger partial charge is 0.211 e. The van der Waals surface area contributed by atoms with E-state index in [4.69, 9.17) is 0 Å². The standard InChI is InChI=1S/C12H10N4O/c17-7-14-9-2-1-3-10-11(9)16-12(15-10)8-4-5-13-6-8/h1-7,13H,(H,14,17)(H,15,16). The molecule has 0 aliphatic rings. The van der Waals surface area contributed by atoms with E-state index in [0.717, 1.165) is 22.4 Å². The number of amides is 1. The van der Waals surface area contributed by atoms with E-state index in [9.17, 15) is 4.79 Å². The predicted octanol–water partition coefficient (Wildman–Crippen LogP) is 2.13. The van der Waals surface area contributed by atoms with E-state index in [0.29, 0.717) is 12.1 Å². The zero-order chi connectivity index (χ0) is 11.7. The summed E-state index contributed by atoms with van der Waals surface area (Å²) in [5, 5.41) is 2.64. The lowest BCUT2D eigenvalue weighted by molar-refractivity contribution is -0.105. The van der Waals surface area contributed by atoms with Gasteiger partial charge in [0.25, 0.3) is 0 Å². The van der Waals surface area contributed by atoms with Crippen LogP contribution < -0.4 is 5.32 Å². The van der Waals surface area contributed by atoms with Gasteiger partial charge >= 0.3 is 0 Å². The Bertz CT molecular complexity index is 654. The molecule has 84 valence electrons. The molecule has 3 aromatic rings. The predicted molar refractivity (Wildman–Crippen MR) is 65.6 cm³/mol. The molecule has 1 aromatic carbocycles. The molecule has 1 amide bonds. The van der Waals surface area contributed by atoms with Crippen LogP contribution in [-0.4, -0.2) is 21.4 Å². The normalized spacial score (nSPS) is 10.6. The summed E-state index contributed by atoms with van der Waals surface area (Å²) in [6.07, 6.45) is 4.36. The molecule has 0 spiro atoms. The van der Waals surface area contributed by atoms with Crippen molar-refractivity contribution in [2.75, 3.05) is 5.32 Å². The van der Waals surface area contributed by atoms with Crippen molar-refractivity contribution >= 4 is 23.1 Å². The maximum absolute atomic E-state index is 10.5. The van der Waals surface area contributed by atoms with E-state index < -0.39 is 0 Å². The van der Waals surface area contributed by atoms with Gasteiger partial charge in [0.05, 0.1) is 11.2 Å². The molecule has 2 aromatic heterocycles. The van der Waals surface area contributed by atoms with Crippen molar-refractivity contribution in [2.24, 2.45) is 0 Å². The van der Waals surface area contributed by atoms with Crippen LogP contribution in [0.5, 0.6) is 0 Å².